The fourth-order valence-corrected chi connectivity index (χ4v) is 3.85. The maximum absolute atomic E-state index is 13.1. The quantitative estimate of drug-likeness (QED) is 0.479. The molecule has 0 radical (unpaired) electrons. The van der Waals surface area contributed by atoms with Gasteiger partial charge in [0.1, 0.15) is 5.57 Å². The Labute approximate surface area is 184 Å². The van der Waals surface area contributed by atoms with Crippen molar-refractivity contribution in [2.24, 2.45) is 0 Å². The molecule has 1 fully saturated rings. The first-order valence-electron chi connectivity index (χ1n) is 9.70. The van der Waals surface area contributed by atoms with E-state index >= 15 is 0 Å². The average Bonchev–Trinajstić information content (AvgIpc) is 3.01. The number of halogens is 1. The number of aromatic nitrogens is 1. The minimum atomic E-state index is -0.804. The summed E-state index contributed by atoms with van der Waals surface area (Å²) in [5.74, 6) is -1.42. The summed E-state index contributed by atoms with van der Waals surface area (Å²) >= 11 is 6.17. The zero-order chi connectivity index (χ0) is 22.3. The van der Waals surface area contributed by atoms with E-state index in [9.17, 15) is 14.4 Å². The Kier molecular flexibility index (Phi) is 5.25. The molecule has 1 aliphatic heterocycles. The Balaban J connectivity index is 1.77. The number of urea groups is 1. The van der Waals surface area contributed by atoms with Crippen LogP contribution in [0.15, 0.2) is 60.2 Å². The van der Waals surface area contributed by atoms with Crippen molar-refractivity contribution in [1.29, 1.82) is 0 Å². The lowest BCUT2D eigenvalue weighted by molar-refractivity contribution is -0.122. The first kappa shape index (κ1) is 20.6. The van der Waals surface area contributed by atoms with Gasteiger partial charge in [-0.15, -0.1) is 0 Å². The highest BCUT2D eigenvalue weighted by Crippen LogP contribution is 2.28. The second kappa shape index (κ2) is 7.89. The first-order valence-corrected chi connectivity index (χ1v) is 10.1. The van der Waals surface area contributed by atoms with Crippen LogP contribution in [0.5, 0.6) is 0 Å². The highest BCUT2D eigenvalue weighted by molar-refractivity contribution is 6.39. The number of carbonyl (C=O) groups is 3. The number of aryl methyl sites for hydroxylation is 2. The molecule has 0 spiro atoms. The molecule has 4 amide bonds. The molecule has 0 atom stereocenters. The van der Waals surface area contributed by atoms with Crippen molar-refractivity contribution in [3.05, 3.63) is 87.7 Å². The van der Waals surface area contributed by atoms with E-state index in [1.165, 1.54) is 12.1 Å². The van der Waals surface area contributed by atoms with Crippen molar-refractivity contribution < 1.29 is 14.4 Å². The molecular formula is C24H20ClN3O3. The van der Waals surface area contributed by atoms with Gasteiger partial charge in [-0.05, 0) is 68.3 Å². The molecule has 0 bridgehead atoms. The van der Waals surface area contributed by atoms with Crippen LogP contribution in [0.25, 0.3) is 11.8 Å². The molecule has 2 heterocycles. The van der Waals surface area contributed by atoms with Gasteiger partial charge in [0.25, 0.3) is 11.8 Å². The van der Waals surface area contributed by atoms with Gasteiger partial charge in [0.15, 0.2) is 0 Å². The summed E-state index contributed by atoms with van der Waals surface area (Å²) in [4.78, 5) is 39.0. The van der Waals surface area contributed by atoms with E-state index < -0.39 is 17.8 Å². The van der Waals surface area contributed by atoms with Crippen molar-refractivity contribution in [2.75, 3.05) is 4.90 Å². The van der Waals surface area contributed by atoms with E-state index in [-0.39, 0.29) is 5.57 Å². The predicted molar refractivity (Wildman–Crippen MR) is 120 cm³/mol. The molecule has 2 aromatic carbocycles. The van der Waals surface area contributed by atoms with Crippen LogP contribution in [-0.2, 0) is 9.59 Å². The molecule has 1 aromatic heterocycles. The molecule has 3 aromatic rings. The van der Waals surface area contributed by atoms with Gasteiger partial charge in [-0.1, -0.05) is 35.9 Å². The van der Waals surface area contributed by atoms with Crippen LogP contribution in [-0.4, -0.2) is 22.4 Å². The summed E-state index contributed by atoms with van der Waals surface area (Å²) in [6.45, 7) is 5.69. The minimum Gasteiger partial charge on any atom is -0.318 e. The topological polar surface area (TPSA) is 71.4 Å². The first-order chi connectivity index (χ1) is 14.8. The summed E-state index contributed by atoms with van der Waals surface area (Å²) < 4.78 is 2.04. The average molecular weight is 434 g/mol. The highest BCUT2D eigenvalue weighted by Gasteiger charge is 2.37. The lowest BCUT2D eigenvalue weighted by atomic mass is 10.1. The SMILES string of the molecule is Cc1ccc(N2C(=O)NC(=O)/C(=C\c3cc(C)n(-c4ccccc4)c3C)C2=O)cc1Cl. The number of nitrogens with one attached hydrogen (secondary N) is 1. The summed E-state index contributed by atoms with van der Waals surface area (Å²) in [5, 5.41) is 2.67. The Morgan fingerprint density at radius 1 is 0.903 bits per heavy atom. The van der Waals surface area contributed by atoms with Crippen molar-refractivity contribution in [2.45, 2.75) is 20.8 Å². The van der Waals surface area contributed by atoms with Crippen LogP contribution in [0.3, 0.4) is 0 Å². The molecule has 7 heteroatoms. The molecule has 31 heavy (non-hydrogen) atoms. The Morgan fingerprint density at radius 3 is 2.29 bits per heavy atom. The van der Waals surface area contributed by atoms with Gasteiger partial charge in [-0.2, -0.15) is 0 Å². The molecule has 6 nitrogen and oxygen atoms in total. The number of hydrogen-bond donors (Lipinski definition) is 1. The van der Waals surface area contributed by atoms with Crippen LogP contribution < -0.4 is 10.2 Å². The third-order valence-electron chi connectivity index (χ3n) is 5.30. The monoisotopic (exact) mass is 433 g/mol. The van der Waals surface area contributed by atoms with E-state index in [4.69, 9.17) is 11.6 Å². The second-order valence-electron chi connectivity index (χ2n) is 7.39. The summed E-state index contributed by atoms with van der Waals surface area (Å²) in [6, 6.07) is 15.8. The van der Waals surface area contributed by atoms with E-state index in [1.54, 1.807) is 12.1 Å². The van der Waals surface area contributed by atoms with Gasteiger partial charge < -0.3 is 4.57 Å². The number of para-hydroxylation sites is 1. The van der Waals surface area contributed by atoms with Gasteiger partial charge in [-0.3, -0.25) is 14.9 Å². The summed E-state index contributed by atoms with van der Waals surface area (Å²) in [7, 11) is 0. The number of anilines is 1. The Bertz CT molecular complexity index is 1260. The van der Waals surface area contributed by atoms with Crippen LogP contribution in [0, 0.1) is 20.8 Å². The van der Waals surface area contributed by atoms with Gasteiger partial charge in [0.05, 0.1) is 5.69 Å². The van der Waals surface area contributed by atoms with E-state index in [1.807, 2.05) is 61.7 Å². The number of barbiturate groups is 1. The Hall–Kier alpha value is -3.64. The number of rotatable bonds is 3. The Morgan fingerprint density at radius 2 is 1.61 bits per heavy atom. The molecule has 156 valence electrons. The number of amides is 4. The fraction of sp³-hybridized carbons (Fsp3) is 0.125. The molecule has 1 aliphatic rings. The second-order valence-corrected chi connectivity index (χ2v) is 7.80. The van der Waals surface area contributed by atoms with Crippen molar-refractivity contribution >= 4 is 41.2 Å². The summed E-state index contributed by atoms with van der Waals surface area (Å²) in [6.07, 6.45) is 1.52. The van der Waals surface area contributed by atoms with Gasteiger partial charge >= 0.3 is 6.03 Å². The third-order valence-corrected chi connectivity index (χ3v) is 5.71. The van der Waals surface area contributed by atoms with E-state index in [0.29, 0.717) is 10.7 Å². The van der Waals surface area contributed by atoms with E-state index in [0.717, 1.165) is 33.1 Å². The van der Waals surface area contributed by atoms with Crippen LogP contribution in [0.1, 0.15) is 22.5 Å². The zero-order valence-electron chi connectivity index (χ0n) is 17.3. The minimum absolute atomic E-state index is 0.121. The van der Waals surface area contributed by atoms with Gasteiger partial charge in [0.2, 0.25) is 0 Å². The van der Waals surface area contributed by atoms with Crippen molar-refractivity contribution in [3.63, 3.8) is 0 Å². The van der Waals surface area contributed by atoms with Crippen LogP contribution in [0.2, 0.25) is 5.02 Å². The number of imide groups is 2. The normalized spacial score (nSPS) is 15.5. The molecule has 0 unspecified atom stereocenters. The van der Waals surface area contributed by atoms with E-state index in [2.05, 4.69) is 5.32 Å². The zero-order valence-corrected chi connectivity index (χ0v) is 18.0. The fourth-order valence-electron chi connectivity index (χ4n) is 3.68. The number of carbonyl (C=O) groups excluding carboxylic acids is 3. The van der Waals surface area contributed by atoms with Gasteiger partial charge in [0, 0.05) is 22.1 Å². The largest absolute Gasteiger partial charge is 0.335 e. The standard InChI is InChI=1S/C24H20ClN3O3/c1-14-9-10-19(13-21(14)25)28-23(30)20(22(29)26-24(28)31)12-17-11-15(2)27(16(17)3)18-7-5-4-6-8-18/h4-13H,1-3H3,(H,26,29,31)/b20-12+. The predicted octanol–water partition coefficient (Wildman–Crippen LogP) is 4.72. The molecule has 0 saturated carbocycles. The number of hydrogen-bond acceptors (Lipinski definition) is 3. The maximum Gasteiger partial charge on any atom is 0.335 e. The van der Waals surface area contributed by atoms with Crippen LogP contribution >= 0.6 is 11.6 Å². The van der Waals surface area contributed by atoms with Crippen molar-refractivity contribution in [1.82, 2.24) is 9.88 Å². The summed E-state index contributed by atoms with van der Waals surface area (Å²) in [5.41, 5.74) is 4.52. The van der Waals surface area contributed by atoms with Crippen LogP contribution in [0.4, 0.5) is 10.5 Å². The van der Waals surface area contributed by atoms with Gasteiger partial charge in [-0.25, -0.2) is 9.69 Å². The molecule has 4 rings (SSSR count). The molecule has 1 saturated heterocycles. The smallest absolute Gasteiger partial charge is 0.318 e. The third kappa shape index (κ3) is 3.66. The number of nitrogens with zero attached hydrogens (tertiary/aromatic N) is 2. The van der Waals surface area contributed by atoms with Crippen molar-refractivity contribution in [3.8, 4) is 5.69 Å². The molecular weight excluding hydrogens is 414 g/mol. The maximum atomic E-state index is 13.1. The number of benzene rings is 2. The molecule has 0 aliphatic carbocycles. The molecule has 1 N–H and O–H groups in total. The lowest BCUT2D eigenvalue weighted by Crippen LogP contribution is -2.54. The highest BCUT2D eigenvalue weighted by atomic mass is 35.5. The lowest BCUT2D eigenvalue weighted by Gasteiger charge is -2.26.